The van der Waals surface area contributed by atoms with Crippen molar-refractivity contribution in [3.8, 4) is 5.75 Å². The van der Waals surface area contributed by atoms with Crippen molar-refractivity contribution in [1.29, 1.82) is 0 Å². The lowest BCUT2D eigenvalue weighted by Gasteiger charge is -2.29. The maximum Gasteiger partial charge on any atom is 0.255 e. The molecule has 36 heavy (non-hydrogen) atoms. The lowest BCUT2D eigenvalue weighted by molar-refractivity contribution is -0.136. The van der Waals surface area contributed by atoms with E-state index in [0.717, 1.165) is 48.2 Å². The molecule has 0 radical (unpaired) electrons. The average Bonchev–Trinajstić information content (AvgIpc) is 3.43. The first kappa shape index (κ1) is 22.7. The van der Waals surface area contributed by atoms with Gasteiger partial charge in [-0.3, -0.25) is 29.6 Å². The summed E-state index contributed by atoms with van der Waals surface area (Å²) in [7, 11) is 0. The minimum atomic E-state index is -0.608. The first-order valence-corrected chi connectivity index (χ1v) is 12.5. The Morgan fingerprint density at radius 2 is 1.94 bits per heavy atom. The molecule has 2 saturated heterocycles. The molecule has 1 unspecified atom stereocenters. The monoisotopic (exact) mass is 484 g/mol. The van der Waals surface area contributed by atoms with Crippen LogP contribution in [-0.4, -0.2) is 57.7 Å². The third kappa shape index (κ3) is 4.22. The number of benzene rings is 2. The number of likely N-dealkylation sites (tertiary alicyclic amines) is 1. The van der Waals surface area contributed by atoms with Crippen LogP contribution >= 0.6 is 0 Å². The molecule has 3 aliphatic heterocycles. The minimum absolute atomic E-state index is 0.0412. The Hall–Kier alpha value is -3.78. The highest BCUT2D eigenvalue weighted by Gasteiger charge is 2.39. The number of pyridine rings is 1. The van der Waals surface area contributed by atoms with Crippen LogP contribution in [0.4, 0.5) is 0 Å². The van der Waals surface area contributed by atoms with Crippen LogP contribution in [0, 0.1) is 6.92 Å². The Kier molecular flexibility index (Phi) is 5.68. The van der Waals surface area contributed by atoms with E-state index in [9.17, 15) is 14.4 Å². The van der Waals surface area contributed by atoms with Crippen LogP contribution in [0.25, 0.3) is 10.9 Å². The topological polar surface area (TPSA) is 91.8 Å². The summed E-state index contributed by atoms with van der Waals surface area (Å²) in [6, 6.07) is 15.4. The number of rotatable bonds is 5. The van der Waals surface area contributed by atoms with Crippen LogP contribution in [0.5, 0.6) is 5.75 Å². The van der Waals surface area contributed by atoms with E-state index in [1.54, 1.807) is 11.0 Å². The summed E-state index contributed by atoms with van der Waals surface area (Å²) in [5.41, 5.74) is 4.75. The molecule has 0 spiro atoms. The van der Waals surface area contributed by atoms with Gasteiger partial charge in [-0.25, -0.2) is 0 Å². The van der Waals surface area contributed by atoms with E-state index < -0.39 is 11.9 Å². The summed E-state index contributed by atoms with van der Waals surface area (Å²) in [6.45, 7) is 5.00. The van der Waals surface area contributed by atoms with Crippen LogP contribution in [-0.2, 0) is 22.7 Å². The lowest BCUT2D eigenvalue weighted by atomic mass is 10.0. The van der Waals surface area contributed by atoms with E-state index in [0.29, 0.717) is 24.3 Å². The summed E-state index contributed by atoms with van der Waals surface area (Å²) in [5, 5.41) is 3.49. The van der Waals surface area contributed by atoms with E-state index in [1.165, 1.54) is 5.56 Å². The van der Waals surface area contributed by atoms with Crippen LogP contribution in [0.15, 0.2) is 48.5 Å². The largest absolute Gasteiger partial charge is 0.489 e. The smallest absolute Gasteiger partial charge is 0.255 e. The SMILES string of the molecule is Cc1nc2ccccc2cc1CN1CC[C@H](Oc2ccc3c(c2)C(=O)N(C2CCC(=O)NC2=O)C3)C1. The Morgan fingerprint density at radius 1 is 1.08 bits per heavy atom. The molecule has 3 aliphatic rings. The maximum atomic E-state index is 13.1. The first-order valence-electron chi connectivity index (χ1n) is 12.5. The summed E-state index contributed by atoms with van der Waals surface area (Å²) in [6.07, 6.45) is 1.56. The van der Waals surface area contributed by atoms with Gasteiger partial charge in [-0.15, -0.1) is 0 Å². The van der Waals surface area contributed by atoms with Gasteiger partial charge in [-0.1, -0.05) is 24.3 Å². The van der Waals surface area contributed by atoms with Gasteiger partial charge in [0, 0.05) is 49.2 Å². The van der Waals surface area contributed by atoms with Gasteiger partial charge in [-0.2, -0.15) is 0 Å². The van der Waals surface area contributed by atoms with Gasteiger partial charge in [0.25, 0.3) is 5.91 Å². The number of hydrogen-bond acceptors (Lipinski definition) is 6. The number of ether oxygens (including phenoxy) is 1. The van der Waals surface area contributed by atoms with E-state index in [-0.39, 0.29) is 24.3 Å². The lowest BCUT2D eigenvalue weighted by Crippen LogP contribution is -2.52. The molecule has 184 valence electrons. The fourth-order valence-electron chi connectivity index (χ4n) is 5.49. The highest BCUT2D eigenvalue weighted by atomic mass is 16.5. The van der Waals surface area contributed by atoms with Crippen LogP contribution in [0.1, 0.15) is 46.4 Å². The molecular formula is C28H28N4O4. The molecule has 2 aromatic carbocycles. The van der Waals surface area contributed by atoms with E-state index >= 15 is 0 Å². The molecular weight excluding hydrogens is 456 g/mol. The Balaban J connectivity index is 1.10. The Morgan fingerprint density at radius 3 is 2.81 bits per heavy atom. The van der Waals surface area contributed by atoms with Gasteiger partial charge in [-0.05, 0) is 55.2 Å². The fourth-order valence-corrected chi connectivity index (χ4v) is 5.49. The fraction of sp³-hybridized carbons (Fsp3) is 0.357. The second-order valence-electron chi connectivity index (χ2n) is 9.91. The molecule has 2 fully saturated rings. The van der Waals surface area contributed by atoms with Crippen LogP contribution in [0.3, 0.4) is 0 Å². The zero-order valence-electron chi connectivity index (χ0n) is 20.2. The quantitative estimate of drug-likeness (QED) is 0.560. The normalized spacial score (nSPS) is 22.2. The molecule has 2 atom stereocenters. The number of aryl methyl sites for hydroxylation is 1. The second kappa shape index (κ2) is 9.02. The van der Waals surface area contributed by atoms with E-state index in [2.05, 4.69) is 29.3 Å². The Bertz CT molecular complexity index is 1390. The third-order valence-corrected chi connectivity index (χ3v) is 7.44. The molecule has 3 amide bonds. The van der Waals surface area contributed by atoms with Crippen molar-refractivity contribution >= 4 is 28.6 Å². The second-order valence-corrected chi connectivity index (χ2v) is 9.91. The number of amides is 3. The number of hydrogen-bond donors (Lipinski definition) is 1. The molecule has 0 aliphatic carbocycles. The molecule has 3 aromatic rings. The van der Waals surface area contributed by atoms with Crippen molar-refractivity contribution in [1.82, 2.24) is 20.1 Å². The van der Waals surface area contributed by atoms with Gasteiger partial charge in [0.05, 0.1) is 5.52 Å². The highest BCUT2D eigenvalue weighted by molar-refractivity contribution is 6.05. The van der Waals surface area contributed by atoms with E-state index in [1.807, 2.05) is 30.3 Å². The number of para-hydroxylation sites is 1. The number of imide groups is 1. The van der Waals surface area contributed by atoms with Crippen molar-refractivity contribution in [2.24, 2.45) is 0 Å². The van der Waals surface area contributed by atoms with E-state index in [4.69, 9.17) is 9.72 Å². The minimum Gasteiger partial charge on any atom is -0.489 e. The molecule has 0 saturated carbocycles. The Labute approximate surface area is 209 Å². The van der Waals surface area contributed by atoms with Crippen molar-refractivity contribution in [3.05, 3.63) is 70.9 Å². The van der Waals surface area contributed by atoms with Crippen molar-refractivity contribution < 1.29 is 19.1 Å². The standard InChI is InChI=1S/C28H28N4O4/c1-17-20(12-18-4-2-3-5-24(18)29-17)14-31-11-10-22(16-31)36-21-7-6-19-15-32(28(35)23(19)13-21)25-8-9-26(33)30-27(25)34/h2-7,12-13,22,25H,8-11,14-16H2,1H3,(H,30,33,34)/t22-,25?/m0/s1. The summed E-state index contributed by atoms with van der Waals surface area (Å²) in [5.74, 6) is -0.194. The number of nitrogens with zero attached hydrogens (tertiary/aromatic N) is 3. The zero-order chi connectivity index (χ0) is 24.8. The van der Waals surface area contributed by atoms with Crippen LogP contribution in [0.2, 0.25) is 0 Å². The number of fused-ring (bicyclic) bond motifs is 2. The number of carbonyl (C=O) groups excluding carboxylic acids is 3. The number of nitrogens with one attached hydrogen (secondary N) is 1. The molecule has 1 aromatic heterocycles. The molecule has 4 heterocycles. The van der Waals surface area contributed by atoms with Gasteiger partial charge in [0.15, 0.2) is 0 Å². The van der Waals surface area contributed by atoms with Gasteiger partial charge in [0.2, 0.25) is 11.8 Å². The number of carbonyl (C=O) groups is 3. The molecule has 0 bridgehead atoms. The zero-order valence-corrected chi connectivity index (χ0v) is 20.2. The third-order valence-electron chi connectivity index (χ3n) is 7.44. The highest BCUT2D eigenvalue weighted by Crippen LogP contribution is 2.31. The van der Waals surface area contributed by atoms with Crippen molar-refractivity contribution in [2.45, 2.75) is 51.4 Å². The number of aromatic nitrogens is 1. The predicted octanol–water partition coefficient (Wildman–Crippen LogP) is 2.96. The summed E-state index contributed by atoms with van der Waals surface area (Å²) < 4.78 is 6.28. The van der Waals surface area contributed by atoms with Gasteiger partial charge in [0.1, 0.15) is 17.9 Å². The maximum absolute atomic E-state index is 13.1. The molecule has 8 heteroatoms. The van der Waals surface area contributed by atoms with Gasteiger partial charge < -0.3 is 9.64 Å². The average molecular weight is 485 g/mol. The summed E-state index contributed by atoms with van der Waals surface area (Å²) in [4.78, 5) is 45.5. The molecule has 6 rings (SSSR count). The first-order chi connectivity index (χ1) is 17.4. The predicted molar refractivity (Wildman–Crippen MR) is 133 cm³/mol. The molecule has 8 nitrogen and oxygen atoms in total. The van der Waals surface area contributed by atoms with Crippen molar-refractivity contribution in [2.75, 3.05) is 13.1 Å². The van der Waals surface area contributed by atoms with Crippen LogP contribution < -0.4 is 10.1 Å². The summed E-state index contributed by atoms with van der Waals surface area (Å²) >= 11 is 0. The van der Waals surface area contributed by atoms with Crippen molar-refractivity contribution in [3.63, 3.8) is 0 Å². The van der Waals surface area contributed by atoms with Gasteiger partial charge >= 0.3 is 0 Å². The molecule has 1 N–H and O–H groups in total. The number of piperidine rings is 1.